The van der Waals surface area contributed by atoms with Crippen LogP contribution >= 0.6 is 0 Å². The molecule has 1 aliphatic rings. The first-order valence-electron chi connectivity index (χ1n) is 8.37. The standard InChI is InChI=1S/C18H19N5O3/c1-23-14-8-16(22-17(25)10-5-12(24)6-10)20-9-11(14)7-15(23)13-3-4-19-18(21-13)26-2/h3-4,7-10,12,24H,5-6H2,1-2H3,(H,20,22,25)/t10-,12+. The second kappa shape index (κ2) is 6.38. The van der Waals surface area contributed by atoms with Crippen molar-refractivity contribution in [1.29, 1.82) is 0 Å². The van der Waals surface area contributed by atoms with E-state index in [-0.39, 0.29) is 17.9 Å². The second-order valence-corrected chi connectivity index (χ2v) is 6.46. The van der Waals surface area contributed by atoms with Gasteiger partial charge in [-0.3, -0.25) is 4.79 Å². The van der Waals surface area contributed by atoms with Crippen molar-refractivity contribution in [3.05, 3.63) is 30.6 Å². The largest absolute Gasteiger partial charge is 0.467 e. The van der Waals surface area contributed by atoms with Crippen molar-refractivity contribution in [1.82, 2.24) is 19.5 Å². The molecule has 1 aliphatic carbocycles. The molecule has 0 atom stereocenters. The molecule has 0 aromatic carbocycles. The Morgan fingerprint density at radius 3 is 2.88 bits per heavy atom. The molecule has 4 rings (SSSR count). The van der Waals surface area contributed by atoms with E-state index in [1.807, 2.05) is 29.8 Å². The minimum absolute atomic E-state index is 0.0999. The van der Waals surface area contributed by atoms with Gasteiger partial charge in [-0.25, -0.2) is 9.97 Å². The highest BCUT2D eigenvalue weighted by atomic mass is 16.5. The SMILES string of the molecule is COc1nccc(-c2cc3cnc(NC(=O)[C@H]4C[C@@H](O)C4)cc3n2C)n1. The van der Waals surface area contributed by atoms with Gasteiger partial charge in [-0.15, -0.1) is 0 Å². The van der Waals surface area contributed by atoms with E-state index in [9.17, 15) is 9.90 Å². The number of anilines is 1. The van der Waals surface area contributed by atoms with Gasteiger partial charge >= 0.3 is 6.01 Å². The Morgan fingerprint density at radius 1 is 1.35 bits per heavy atom. The smallest absolute Gasteiger partial charge is 0.316 e. The summed E-state index contributed by atoms with van der Waals surface area (Å²) in [6.07, 6.45) is 4.04. The molecule has 3 aromatic heterocycles. The summed E-state index contributed by atoms with van der Waals surface area (Å²) < 4.78 is 7.08. The Labute approximate surface area is 149 Å². The summed E-state index contributed by atoms with van der Waals surface area (Å²) in [6, 6.07) is 5.94. The molecule has 1 fully saturated rings. The number of pyridine rings is 1. The molecule has 0 unspecified atom stereocenters. The van der Waals surface area contributed by atoms with Crippen LogP contribution in [-0.4, -0.2) is 43.7 Å². The van der Waals surface area contributed by atoms with Gasteiger partial charge in [0.25, 0.3) is 0 Å². The topological polar surface area (TPSA) is 102 Å². The normalized spacial score (nSPS) is 19.2. The van der Waals surface area contributed by atoms with E-state index < -0.39 is 0 Å². The summed E-state index contributed by atoms with van der Waals surface area (Å²) >= 11 is 0. The predicted molar refractivity (Wildman–Crippen MR) is 95.7 cm³/mol. The Kier molecular flexibility index (Phi) is 4.04. The number of carbonyl (C=O) groups excluding carboxylic acids is 1. The van der Waals surface area contributed by atoms with Crippen molar-refractivity contribution in [3.8, 4) is 17.4 Å². The fraction of sp³-hybridized carbons (Fsp3) is 0.333. The van der Waals surface area contributed by atoms with Gasteiger partial charge in [-0.05, 0) is 25.0 Å². The van der Waals surface area contributed by atoms with Crippen LogP contribution in [0.5, 0.6) is 6.01 Å². The number of aliphatic hydroxyl groups excluding tert-OH is 1. The number of rotatable bonds is 4. The summed E-state index contributed by atoms with van der Waals surface area (Å²) in [6.45, 7) is 0. The van der Waals surface area contributed by atoms with Crippen molar-refractivity contribution >= 4 is 22.6 Å². The minimum Gasteiger partial charge on any atom is -0.467 e. The molecule has 134 valence electrons. The monoisotopic (exact) mass is 353 g/mol. The Bertz CT molecular complexity index is 978. The lowest BCUT2D eigenvalue weighted by Crippen LogP contribution is -2.37. The van der Waals surface area contributed by atoms with Crippen molar-refractivity contribution in [2.45, 2.75) is 18.9 Å². The number of nitrogens with zero attached hydrogens (tertiary/aromatic N) is 4. The van der Waals surface area contributed by atoms with Crippen LogP contribution in [0.1, 0.15) is 12.8 Å². The third kappa shape index (κ3) is 2.88. The van der Waals surface area contributed by atoms with Crippen molar-refractivity contribution in [2.75, 3.05) is 12.4 Å². The third-order valence-corrected chi connectivity index (χ3v) is 4.74. The first-order valence-corrected chi connectivity index (χ1v) is 8.37. The molecule has 0 aliphatic heterocycles. The van der Waals surface area contributed by atoms with Crippen LogP contribution in [0, 0.1) is 5.92 Å². The third-order valence-electron chi connectivity index (χ3n) is 4.74. The molecule has 8 heteroatoms. The van der Waals surface area contributed by atoms with Gasteiger partial charge in [0.1, 0.15) is 5.82 Å². The molecule has 3 heterocycles. The molecule has 3 aromatic rings. The molecular formula is C18H19N5O3. The summed E-state index contributed by atoms with van der Waals surface area (Å²) in [7, 11) is 3.46. The van der Waals surface area contributed by atoms with Crippen molar-refractivity contribution in [2.24, 2.45) is 13.0 Å². The number of ether oxygens (including phenoxy) is 1. The molecule has 1 amide bonds. The number of hydrogen-bond acceptors (Lipinski definition) is 6. The predicted octanol–water partition coefficient (Wildman–Crippen LogP) is 1.75. The number of nitrogens with one attached hydrogen (secondary N) is 1. The summed E-state index contributed by atoms with van der Waals surface area (Å²) in [5, 5.41) is 13.1. The Morgan fingerprint density at radius 2 is 2.15 bits per heavy atom. The summed E-state index contributed by atoms with van der Waals surface area (Å²) in [5.41, 5.74) is 2.56. The summed E-state index contributed by atoms with van der Waals surface area (Å²) in [5.74, 6) is 0.258. The van der Waals surface area contributed by atoms with Gasteiger partial charge in [0.2, 0.25) is 5.91 Å². The van der Waals surface area contributed by atoms with E-state index >= 15 is 0 Å². The van der Waals surface area contributed by atoms with Gasteiger partial charge in [0.05, 0.1) is 30.1 Å². The average molecular weight is 353 g/mol. The summed E-state index contributed by atoms with van der Waals surface area (Å²) in [4.78, 5) is 24.9. The van der Waals surface area contributed by atoms with E-state index in [0.717, 1.165) is 22.3 Å². The van der Waals surface area contributed by atoms with Crippen LogP contribution in [-0.2, 0) is 11.8 Å². The van der Waals surface area contributed by atoms with E-state index in [2.05, 4.69) is 20.3 Å². The van der Waals surface area contributed by atoms with Crippen LogP contribution in [0.3, 0.4) is 0 Å². The highest BCUT2D eigenvalue weighted by molar-refractivity contribution is 5.95. The number of amides is 1. The number of aliphatic hydroxyl groups is 1. The highest BCUT2D eigenvalue weighted by Crippen LogP contribution is 2.30. The minimum atomic E-state index is -0.360. The molecule has 1 saturated carbocycles. The van der Waals surface area contributed by atoms with Crippen molar-refractivity contribution < 1.29 is 14.6 Å². The first kappa shape index (κ1) is 16.5. The fourth-order valence-electron chi connectivity index (χ4n) is 3.16. The molecule has 0 radical (unpaired) electrons. The Balaban J connectivity index is 1.64. The lowest BCUT2D eigenvalue weighted by molar-refractivity contribution is -0.126. The average Bonchev–Trinajstić information content (AvgIpc) is 2.95. The number of methoxy groups -OCH3 is 1. The molecule has 0 saturated heterocycles. The number of hydrogen-bond donors (Lipinski definition) is 2. The molecular weight excluding hydrogens is 334 g/mol. The van der Waals surface area contributed by atoms with Gasteiger partial charge in [0, 0.05) is 36.8 Å². The van der Waals surface area contributed by atoms with Gasteiger partial charge in [-0.1, -0.05) is 0 Å². The molecule has 0 bridgehead atoms. The van der Waals surface area contributed by atoms with E-state index in [0.29, 0.717) is 24.7 Å². The lowest BCUT2D eigenvalue weighted by atomic mass is 9.82. The second-order valence-electron chi connectivity index (χ2n) is 6.46. The number of carbonyl (C=O) groups is 1. The highest BCUT2D eigenvalue weighted by Gasteiger charge is 2.33. The first-order chi connectivity index (χ1) is 12.5. The van der Waals surface area contributed by atoms with Crippen LogP contribution in [0.4, 0.5) is 5.82 Å². The quantitative estimate of drug-likeness (QED) is 0.741. The van der Waals surface area contributed by atoms with E-state index in [4.69, 9.17) is 4.74 Å². The van der Waals surface area contributed by atoms with Crippen LogP contribution in [0.25, 0.3) is 22.3 Å². The van der Waals surface area contributed by atoms with Crippen molar-refractivity contribution in [3.63, 3.8) is 0 Å². The van der Waals surface area contributed by atoms with Gasteiger partial charge in [-0.2, -0.15) is 4.98 Å². The molecule has 26 heavy (non-hydrogen) atoms. The maximum atomic E-state index is 12.2. The van der Waals surface area contributed by atoms with Crippen LogP contribution in [0.15, 0.2) is 30.6 Å². The lowest BCUT2D eigenvalue weighted by Gasteiger charge is -2.29. The maximum absolute atomic E-state index is 12.2. The van der Waals surface area contributed by atoms with E-state index in [1.165, 1.54) is 7.11 Å². The van der Waals surface area contributed by atoms with Crippen LogP contribution in [0.2, 0.25) is 0 Å². The number of aromatic nitrogens is 4. The number of fused-ring (bicyclic) bond motifs is 1. The van der Waals surface area contributed by atoms with E-state index in [1.54, 1.807) is 12.4 Å². The maximum Gasteiger partial charge on any atom is 0.316 e. The fourth-order valence-corrected chi connectivity index (χ4v) is 3.16. The van der Waals surface area contributed by atoms with Gasteiger partial charge < -0.3 is 19.7 Å². The molecule has 0 spiro atoms. The molecule has 2 N–H and O–H groups in total. The molecule has 8 nitrogen and oxygen atoms in total. The Hall–Kier alpha value is -3.00. The zero-order chi connectivity index (χ0) is 18.3. The number of aryl methyl sites for hydroxylation is 1. The van der Waals surface area contributed by atoms with Gasteiger partial charge in [0.15, 0.2) is 0 Å². The zero-order valence-corrected chi connectivity index (χ0v) is 14.5. The van der Waals surface area contributed by atoms with Crippen LogP contribution < -0.4 is 10.1 Å². The zero-order valence-electron chi connectivity index (χ0n) is 14.5.